The minimum atomic E-state index is -3.71. The molecule has 3 saturated heterocycles. The predicted octanol–water partition coefficient (Wildman–Crippen LogP) is 1.50. The molecular formula is C22H27ClFN5O4S. The Kier molecular flexibility index (Phi) is 7.42. The minimum Gasteiger partial charge on any atom is -0.350 e. The lowest BCUT2D eigenvalue weighted by atomic mass is 9.97. The molecule has 0 radical (unpaired) electrons. The summed E-state index contributed by atoms with van der Waals surface area (Å²) >= 11 is 6.03. The maximum atomic E-state index is 13.3. The average Bonchev–Trinajstić information content (AvgIpc) is 3.27. The van der Waals surface area contributed by atoms with Crippen LogP contribution in [-0.4, -0.2) is 72.5 Å². The SMILES string of the molecule is N#CC1CN(S(=O)(=O)N2CCC[C@H](C(=O)N3CCC[C@@H]3C(=O)NCc3ccc(F)cc3Cl)C2)C1. The first-order valence-electron chi connectivity index (χ1n) is 11.4. The highest BCUT2D eigenvalue weighted by Crippen LogP contribution is 2.29. The Morgan fingerprint density at radius 2 is 1.88 bits per heavy atom. The number of rotatable bonds is 6. The molecule has 1 aromatic carbocycles. The van der Waals surface area contributed by atoms with Crippen LogP contribution in [0.1, 0.15) is 31.2 Å². The molecule has 12 heteroatoms. The Balaban J connectivity index is 1.36. The number of amides is 2. The largest absolute Gasteiger partial charge is 0.350 e. The van der Waals surface area contributed by atoms with Crippen LogP contribution in [0.5, 0.6) is 0 Å². The van der Waals surface area contributed by atoms with Crippen LogP contribution in [0, 0.1) is 29.0 Å². The van der Waals surface area contributed by atoms with Gasteiger partial charge in [0.1, 0.15) is 11.9 Å². The molecule has 0 aromatic heterocycles. The zero-order chi connectivity index (χ0) is 24.5. The third-order valence-corrected chi connectivity index (χ3v) is 9.01. The molecule has 1 N–H and O–H groups in total. The van der Waals surface area contributed by atoms with E-state index < -0.39 is 28.0 Å². The van der Waals surface area contributed by atoms with Gasteiger partial charge < -0.3 is 10.2 Å². The lowest BCUT2D eigenvalue weighted by molar-refractivity contribution is -0.142. The van der Waals surface area contributed by atoms with Crippen LogP contribution in [0.4, 0.5) is 4.39 Å². The van der Waals surface area contributed by atoms with Crippen molar-refractivity contribution in [3.63, 3.8) is 0 Å². The van der Waals surface area contributed by atoms with Crippen LogP contribution < -0.4 is 5.32 Å². The van der Waals surface area contributed by atoms with Crippen LogP contribution in [0.15, 0.2) is 18.2 Å². The van der Waals surface area contributed by atoms with Crippen molar-refractivity contribution < 1.29 is 22.4 Å². The number of likely N-dealkylation sites (tertiary alicyclic amines) is 1. The highest BCUT2D eigenvalue weighted by Gasteiger charge is 2.44. The van der Waals surface area contributed by atoms with Crippen molar-refractivity contribution in [1.82, 2.24) is 18.8 Å². The zero-order valence-corrected chi connectivity index (χ0v) is 20.2. The van der Waals surface area contributed by atoms with Crippen molar-refractivity contribution in [2.24, 2.45) is 11.8 Å². The van der Waals surface area contributed by atoms with Crippen LogP contribution in [0.2, 0.25) is 5.02 Å². The molecule has 4 rings (SSSR count). The lowest BCUT2D eigenvalue weighted by Gasteiger charge is -2.41. The first-order chi connectivity index (χ1) is 16.2. The Morgan fingerprint density at radius 3 is 2.59 bits per heavy atom. The van der Waals surface area contributed by atoms with Crippen LogP contribution >= 0.6 is 11.6 Å². The van der Waals surface area contributed by atoms with Gasteiger partial charge in [-0.3, -0.25) is 9.59 Å². The normalized spacial score (nSPS) is 24.4. The van der Waals surface area contributed by atoms with Crippen molar-refractivity contribution >= 4 is 33.6 Å². The second-order valence-corrected chi connectivity index (χ2v) is 11.3. The average molecular weight is 512 g/mol. The summed E-state index contributed by atoms with van der Waals surface area (Å²) in [6.07, 6.45) is 2.31. The number of piperidine rings is 1. The highest BCUT2D eigenvalue weighted by atomic mass is 35.5. The van der Waals surface area contributed by atoms with Crippen molar-refractivity contribution in [3.8, 4) is 6.07 Å². The summed E-state index contributed by atoms with van der Waals surface area (Å²) in [7, 11) is -3.71. The Bertz CT molecular complexity index is 1110. The number of nitriles is 1. The molecule has 3 heterocycles. The number of nitrogens with one attached hydrogen (secondary N) is 1. The monoisotopic (exact) mass is 511 g/mol. The molecule has 9 nitrogen and oxygen atoms in total. The third kappa shape index (κ3) is 5.05. The van der Waals surface area contributed by atoms with Gasteiger partial charge in [-0.1, -0.05) is 17.7 Å². The van der Waals surface area contributed by atoms with Gasteiger partial charge in [-0.15, -0.1) is 0 Å². The second-order valence-electron chi connectivity index (χ2n) is 8.99. The number of benzene rings is 1. The molecule has 1 aromatic rings. The van der Waals surface area contributed by atoms with Gasteiger partial charge in [0.25, 0.3) is 10.2 Å². The summed E-state index contributed by atoms with van der Waals surface area (Å²) in [6.45, 7) is 1.33. The van der Waals surface area contributed by atoms with E-state index in [1.54, 1.807) is 4.90 Å². The summed E-state index contributed by atoms with van der Waals surface area (Å²) in [5.41, 5.74) is 0.574. The maximum Gasteiger partial charge on any atom is 0.282 e. The van der Waals surface area contributed by atoms with Gasteiger partial charge in [0, 0.05) is 44.3 Å². The van der Waals surface area contributed by atoms with E-state index in [2.05, 4.69) is 11.4 Å². The highest BCUT2D eigenvalue weighted by molar-refractivity contribution is 7.86. The molecule has 2 atom stereocenters. The predicted molar refractivity (Wildman–Crippen MR) is 122 cm³/mol. The smallest absolute Gasteiger partial charge is 0.282 e. The Morgan fingerprint density at radius 1 is 1.15 bits per heavy atom. The molecule has 34 heavy (non-hydrogen) atoms. The standard InChI is InChI=1S/C22H27ClFN5O4S/c23-19-9-18(24)6-5-16(19)11-26-21(30)20-4-2-8-29(20)22(31)17-3-1-7-27(14-17)34(32,33)28-12-15(10-25)13-28/h5-6,9,15,17,20H,1-4,7-8,11-14H2,(H,26,30)/t17-,20+/m0/s1. The fourth-order valence-electron chi connectivity index (χ4n) is 4.73. The fourth-order valence-corrected chi connectivity index (χ4v) is 6.75. The molecule has 0 saturated carbocycles. The van der Waals surface area contributed by atoms with Crippen molar-refractivity contribution in [2.45, 2.75) is 38.3 Å². The number of hydrogen-bond acceptors (Lipinski definition) is 5. The molecule has 0 unspecified atom stereocenters. The van der Waals surface area contributed by atoms with E-state index in [0.29, 0.717) is 44.3 Å². The summed E-state index contributed by atoms with van der Waals surface area (Å²) in [4.78, 5) is 27.7. The first-order valence-corrected chi connectivity index (χ1v) is 13.1. The van der Waals surface area contributed by atoms with Gasteiger partial charge in [0.2, 0.25) is 11.8 Å². The van der Waals surface area contributed by atoms with E-state index in [1.165, 1.54) is 26.8 Å². The number of carbonyl (C=O) groups is 2. The first kappa shape index (κ1) is 24.9. The van der Waals surface area contributed by atoms with Crippen molar-refractivity contribution in [3.05, 3.63) is 34.6 Å². The van der Waals surface area contributed by atoms with Crippen molar-refractivity contribution in [1.29, 1.82) is 5.26 Å². The Labute approximate surface area is 203 Å². The summed E-state index contributed by atoms with van der Waals surface area (Å²) in [6, 6.07) is 5.38. The molecular weight excluding hydrogens is 485 g/mol. The Hall–Kier alpha value is -2.26. The van der Waals surface area contributed by atoms with E-state index in [1.807, 2.05) is 0 Å². The van der Waals surface area contributed by atoms with Gasteiger partial charge in [-0.05, 0) is 43.4 Å². The van der Waals surface area contributed by atoms with E-state index >= 15 is 0 Å². The topological polar surface area (TPSA) is 114 Å². The summed E-state index contributed by atoms with van der Waals surface area (Å²) in [5.74, 6) is -1.79. The summed E-state index contributed by atoms with van der Waals surface area (Å²) in [5, 5.41) is 11.9. The number of hydrogen-bond donors (Lipinski definition) is 1. The lowest BCUT2D eigenvalue weighted by Crippen LogP contribution is -2.57. The van der Waals surface area contributed by atoms with Gasteiger partial charge in [0.05, 0.1) is 17.9 Å². The number of halogens is 2. The number of carbonyl (C=O) groups excluding carboxylic acids is 2. The van der Waals surface area contributed by atoms with Crippen LogP contribution in [0.3, 0.4) is 0 Å². The molecule has 184 valence electrons. The molecule has 3 aliphatic heterocycles. The minimum absolute atomic E-state index is 0.0743. The number of nitrogens with zero attached hydrogens (tertiary/aromatic N) is 4. The maximum absolute atomic E-state index is 13.3. The van der Waals surface area contributed by atoms with Gasteiger partial charge >= 0.3 is 0 Å². The second kappa shape index (κ2) is 10.2. The fraction of sp³-hybridized carbons (Fsp3) is 0.591. The molecule has 3 fully saturated rings. The van der Waals surface area contributed by atoms with E-state index in [9.17, 15) is 22.4 Å². The van der Waals surface area contributed by atoms with Crippen molar-refractivity contribution in [2.75, 3.05) is 32.7 Å². The third-order valence-electron chi connectivity index (χ3n) is 6.72. The molecule has 0 spiro atoms. The van der Waals surface area contributed by atoms with Gasteiger partial charge in [0.15, 0.2) is 0 Å². The molecule has 0 aliphatic carbocycles. The van der Waals surface area contributed by atoms with E-state index in [-0.39, 0.29) is 48.9 Å². The van der Waals surface area contributed by atoms with Gasteiger partial charge in [-0.2, -0.15) is 22.3 Å². The molecule has 3 aliphatic rings. The zero-order valence-electron chi connectivity index (χ0n) is 18.6. The summed E-state index contributed by atoms with van der Waals surface area (Å²) < 4.78 is 41.6. The van der Waals surface area contributed by atoms with E-state index in [4.69, 9.17) is 16.9 Å². The van der Waals surface area contributed by atoms with Crippen LogP contribution in [0.25, 0.3) is 0 Å². The van der Waals surface area contributed by atoms with Crippen LogP contribution in [-0.2, 0) is 26.3 Å². The quantitative estimate of drug-likeness (QED) is 0.621. The molecule has 2 amide bonds. The van der Waals surface area contributed by atoms with E-state index in [0.717, 1.165) is 0 Å². The van der Waals surface area contributed by atoms with Gasteiger partial charge in [-0.25, -0.2) is 4.39 Å². The molecule has 0 bridgehead atoms.